The SMILES string of the molecule is CC.CCCCC.CCCN=C(N)N.Cc1cccc(O)c1.O=CCNC(=O)[C@@H]1CCCN1C(=O)[C@H]1CCCCN1. The maximum atomic E-state index is 12.4. The van der Waals surface area contributed by atoms with Gasteiger partial charge < -0.3 is 36.9 Å². The molecule has 0 spiro atoms. The predicted molar refractivity (Wildman–Crippen MR) is 170 cm³/mol. The summed E-state index contributed by atoms with van der Waals surface area (Å²) in [6, 6.07) is 6.60. The number of hydrogen-bond donors (Lipinski definition) is 5. The predicted octanol–water partition coefficient (Wildman–Crippen LogP) is 4.03. The summed E-state index contributed by atoms with van der Waals surface area (Å²) in [6.45, 7) is 14.6. The van der Waals surface area contributed by atoms with E-state index in [4.69, 9.17) is 16.6 Å². The Labute approximate surface area is 248 Å². The van der Waals surface area contributed by atoms with Crippen LogP contribution in [0.25, 0.3) is 0 Å². The topological polar surface area (TPSA) is 163 Å². The standard InChI is InChI=1S/C13H21N3O3.C7H8O.C5H12.C4H11N3.C2H6/c17-9-7-15-12(18)11-5-3-8-16(11)13(19)10-4-1-2-6-14-10;1-6-3-2-4-7(8)5-6;1-3-5-4-2;1-2-3-7-4(5)6;1-2/h9-11,14H,1-8H2,(H,15,18);2-5,8H,1H3;3-5H2,1-2H3;2-3H2,1H3,(H4,5,6,7);1-2H3/t10-,11+;;;;/m1..../s1. The van der Waals surface area contributed by atoms with Gasteiger partial charge in [0.1, 0.15) is 18.1 Å². The van der Waals surface area contributed by atoms with E-state index in [-0.39, 0.29) is 30.4 Å². The number of benzene rings is 1. The first kappa shape index (κ1) is 40.0. The number of hydrogen-bond acceptors (Lipinski definition) is 6. The fourth-order valence-corrected chi connectivity index (χ4v) is 4.05. The number of likely N-dealkylation sites (tertiary alicyclic amines) is 1. The fourth-order valence-electron chi connectivity index (χ4n) is 4.05. The van der Waals surface area contributed by atoms with E-state index in [2.05, 4.69) is 29.5 Å². The average Bonchev–Trinajstić information content (AvgIpc) is 3.47. The van der Waals surface area contributed by atoms with Crippen LogP contribution in [0.15, 0.2) is 29.3 Å². The summed E-state index contributed by atoms with van der Waals surface area (Å²) in [7, 11) is 0. The fraction of sp³-hybridized carbons (Fsp3) is 0.677. The minimum absolute atomic E-state index is 0.0129. The highest BCUT2D eigenvalue weighted by atomic mass is 16.3. The van der Waals surface area contributed by atoms with Gasteiger partial charge in [-0.05, 0) is 63.3 Å². The third-order valence-corrected chi connectivity index (χ3v) is 6.03. The Hall–Kier alpha value is -3.14. The van der Waals surface area contributed by atoms with E-state index in [1.165, 1.54) is 19.3 Å². The number of rotatable bonds is 8. The molecule has 0 bridgehead atoms. The molecule has 2 aliphatic heterocycles. The van der Waals surface area contributed by atoms with E-state index < -0.39 is 6.04 Å². The van der Waals surface area contributed by atoms with Gasteiger partial charge in [-0.1, -0.05) is 72.4 Å². The lowest BCUT2D eigenvalue weighted by Gasteiger charge is -2.30. The number of nitrogens with one attached hydrogen (secondary N) is 2. The van der Waals surface area contributed by atoms with Crippen LogP contribution in [0.1, 0.15) is 98.0 Å². The number of piperidine rings is 1. The van der Waals surface area contributed by atoms with Gasteiger partial charge in [0.15, 0.2) is 5.96 Å². The number of amides is 2. The molecular formula is C31H58N6O4. The van der Waals surface area contributed by atoms with Gasteiger partial charge in [-0.15, -0.1) is 0 Å². The summed E-state index contributed by atoms with van der Waals surface area (Å²) in [5, 5.41) is 14.6. The first-order valence-corrected chi connectivity index (χ1v) is 15.3. The molecule has 2 amide bonds. The Morgan fingerprint density at radius 2 is 1.78 bits per heavy atom. The van der Waals surface area contributed by atoms with Crippen LogP contribution in [0.2, 0.25) is 0 Å². The molecule has 2 saturated heterocycles. The lowest BCUT2D eigenvalue weighted by Crippen LogP contribution is -2.53. The summed E-state index contributed by atoms with van der Waals surface area (Å²) in [6.07, 6.45) is 10.3. The van der Waals surface area contributed by atoms with E-state index in [9.17, 15) is 14.4 Å². The summed E-state index contributed by atoms with van der Waals surface area (Å²) < 4.78 is 0. The van der Waals surface area contributed by atoms with Crippen LogP contribution in [0, 0.1) is 6.92 Å². The van der Waals surface area contributed by atoms with Crippen LogP contribution in [0.3, 0.4) is 0 Å². The molecule has 0 aromatic heterocycles. The van der Waals surface area contributed by atoms with Gasteiger partial charge in [-0.2, -0.15) is 0 Å². The molecule has 2 fully saturated rings. The molecule has 0 aliphatic carbocycles. The van der Waals surface area contributed by atoms with Crippen molar-refractivity contribution in [3.63, 3.8) is 0 Å². The third kappa shape index (κ3) is 20.4. The third-order valence-electron chi connectivity index (χ3n) is 6.03. The van der Waals surface area contributed by atoms with Crippen molar-refractivity contribution < 1.29 is 19.5 Å². The molecule has 2 heterocycles. The summed E-state index contributed by atoms with van der Waals surface area (Å²) in [4.78, 5) is 40.0. The number of carbonyl (C=O) groups excluding carboxylic acids is 3. The Kier molecular flexibility index (Phi) is 26.4. The normalized spacial score (nSPS) is 16.9. The van der Waals surface area contributed by atoms with E-state index in [0.29, 0.717) is 25.0 Å². The number of aromatic hydroxyl groups is 1. The number of aliphatic imine (C=N–C) groups is 1. The monoisotopic (exact) mass is 578 g/mol. The smallest absolute Gasteiger partial charge is 0.243 e. The Bertz CT molecular complexity index is 820. The molecular weight excluding hydrogens is 520 g/mol. The molecule has 0 radical (unpaired) electrons. The molecule has 41 heavy (non-hydrogen) atoms. The molecule has 2 atom stereocenters. The average molecular weight is 579 g/mol. The van der Waals surface area contributed by atoms with Crippen molar-refractivity contribution >= 4 is 24.1 Å². The number of aryl methyl sites for hydroxylation is 1. The maximum Gasteiger partial charge on any atom is 0.243 e. The summed E-state index contributed by atoms with van der Waals surface area (Å²) in [5.74, 6) is 0.337. The minimum atomic E-state index is -0.406. The summed E-state index contributed by atoms with van der Waals surface area (Å²) >= 11 is 0. The van der Waals surface area contributed by atoms with Crippen LogP contribution < -0.4 is 22.1 Å². The number of nitrogens with two attached hydrogens (primary N) is 2. The summed E-state index contributed by atoms with van der Waals surface area (Å²) in [5.41, 5.74) is 11.1. The van der Waals surface area contributed by atoms with Crippen LogP contribution in [-0.2, 0) is 14.4 Å². The molecule has 3 rings (SSSR count). The van der Waals surface area contributed by atoms with Crippen LogP contribution >= 0.6 is 0 Å². The van der Waals surface area contributed by atoms with Gasteiger partial charge in [0.2, 0.25) is 11.8 Å². The molecule has 10 heteroatoms. The first-order valence-electron chi connectivity index (χ1n) is 15.3. The second kappa shape index (κ2) is 27.1. The molecule has 7 N–H and O–H groups in total. The van der Waals surface area contributed by atoms with Gasteiger partial charge in [0, 0.05) is 13.1 Å². The first-order chi connectivity index (χ1) is 19.7. The molecule has 236 valence electrons. The van der Waals surface area contributed by atoms with Gasteiger partial charge in [-0.3, -0.25) is 14.6 Å². The minimum Gasteiger partial charge on any atom is -0.508 e. The van der Waals surface area contributed by atoms with E-state index >= 15 is 0 Å². The number of aldehydes is 1. The number of phenols is 1. The van der Waals surface area contributed by atoms with E-state index in [0.717, 1.165) is 50.8 Å². The molecule has 2 aliphatic rings. The highest BCUT2D eigenvalue weighted by Gasteiger charge is 2.37. The van der Waals surface area contributed by atoms with Crippen LogP contribution in [-0.4, -0.2) is 72.3 Å². The van der Waals surface area contributed by atoms with Crippen LogP contribution in [0.4, 0.5) is 0 Å². The lowest BCUT2D eigenvalue weighted by atomic mass is 10.0. The van der Waals surface area contributed by atoms with Crippen molar-refractivity contribution in [1.29, 1.82) is 0 Å². The van der Waals surface area contributed by atoms with Crippen molar-refractivity contribution in [3.8, 4) is 5.75 Å². The second-order valence-corrected chi connectivity index (χ2v) is 9.60. The largest absolute Gasteiger partial charge is 0.508 e. The highest BCUT2D eigenvalue weighted by molar-refractivity contribution is 5.91. The lowest BCUT2D eigenvalue weighted by molar-refractivity contribution is -0.140. The van der Waals surface area contributed by atoms with Crippen molar-refractivity contribution in [3.05, 3.63) is 29.8 Å². The molecule has 0 saturated carbocycles. The van der Waals surface area contributed by atoms with Gasteiger partial charge in [-0.25, -0.2) is 0 Å². The van der Waals surface area contributed by atoms with Crippen molar-refractivity contribution in [2.24, 2.45) is 16.5 Å². The van der Waals surface area contributed by atoms with Gasteiger partial charge in [0.05, 0.1) is 12.6 Å². The number of phenolic OH excluding ortho intramolecular Hbond substituents is 1. The zero-order valence-corrected chi connectivity index (χ0v) is 26.5. The van der Waals surface area contributed by atoms with Gasteiger partial charge >= 0.3 is 0 Å². The quantitative estimate of drug-likeness (QED) is 0.177. The Morgan fingerprint density at radius 3 is 2.20 bits per heavy atom. The van der Waals surface area contributed by atoms with Crippen molar-refractivity contribution in [2.45, 2.75) is 111 Å². The van der Waals surface area contributed by atoms with Crippen molar-refractivity contribution in [2.75, 3.05) is 26.2 Å². The second-order valence-electron chi connectivity index (χ2n) is 9.60. The Morgan fingerprint density at radius 1 is 1.10 bits per heavy atom. The Balaban J connectivity index is 0. The maximum absolute atomic E-state index is 12.4. The highest BCUT2D eigenvalue weighted by Crippen LogP contribution is 2.20. The van der Waals surface area contributed by atoms with E-state index in [1.807, 2.05) is 39.8 Å². The van der Waals surface area contributed by atoms with Crippen molar-refractivity contribution in [1.82, 2.24) is 15.5 Å². The number of carbonyl (C=O) groups is 3. The zero-order valence-electron chi connectivity index (χ0n) is 26.5. The molecule has 10 nitrogen and oxygen atoms in total. The van der Waals surface area contributed by atoms with E-state index in [1.54, 1.807) is 17.0 Å². The molecule has 1 aromatic carbocycles. The molecule has 1 aromatic rings. The number of guanidine groups is 1. The number of nitrogens with zero attached hydrogens (tertiary/aromatic N) is 2. The zero-order chi connectivity index (χ0) is 31.5. The van der Waals surface area contributed by atoms with Crippen LogP contribution in [0.5, 0.6) is 5.75 Å². The molecule has 0 unspecified atom stereocenters. The number of unbranched alkanes of at least 4 members (excludes halogenated alkanes) is 2. The van der Waals surface area contributed by atoms with Gasteiger partial charge in [0.25, 0.3) is 0 Å².